The molecule has 1 fully saturated rings. The van der Waals surface area contributed by atoms with E-state index in [4.69, 9.17) is 22.1 Å². The highest BCUT2D eigenvalue weighted by molar-refractivity contribution is 6.32. The van der Waals surface area contributed by atoms with Crippen molar-refractivity contribution in [2.75, 3.05) is 0 Å². The molecule has 0 unspecified atom stereocenters. The molecule has 5 heteroatoms. The number of nitrogens with one attached hydrogen (secondary N) is 1. The fraction of sp³-hybridized carbons (Fsp3) is 0.526. The zero-order valence-corrected chi connectivity index (χ0v) is 15.0. The molecule has 0 spiro atoms. The molecule has 0 amide bonds. The molecular formula is C19H25ClN2O2. The number of halogens is 1. The average molecular weight is 349 g/mol. The van der Waals surface area contributed by atoms with Crippen LogP contribution < -0.4 is 16.0 Å². The smallest absolute Gasteiger partial charge is 0.255 e. The molecule has 1 saturated carbocycles. The van der Waals surface area contributed by atoms with Gasteiger partial charge in [-0.2, -0.15) is 0 Å². The van der Waals surface area contributed by atoms with Gasteiger partial charge in [-0.05, 0) is 61.1 Å². The number of aromatic amines is 1. The highest BCUT2D eigenvalue weighted by atomic mass is 35.5. The van der Waals surface area contributed by atoms with E-state index in [1.54, 1.807) is 12.3 Å². The van der Waals surface area contributed by atoms with Crippen molar-refractivity contribution >= 4 is 22.4 Å². The summed E-state index contributed by atoms with van der Waals surface area (Å²) < 4.78 is 6.16. The summed E-state index contributed by atoms with van der Waals surface area (Å²) in [6, 6.07) is 5.65. The van der Waals surface area contributed by atoms with E-state index in [-0.39, 0.29) is 23.1 Å². The lowest BCUT2D eigenvalue weighted by Crippen LogP contribution is -2.43. The summed E-state index contributed by atoms with van der Waals surface area (Å²) in [6.07, 6.45) is 6.89. The normalized spacial score (nSPS) is 25.6. The van der Waals surface area contributed by atoms with Crippen molar-refractivity contribution in [3.63, 3.8) is 0 Å². The minimum atomic E-state index is -0.136. The van der Waals surface area contributed by atoms with Crippen molar-refractivity contribution in [1.82, 2.24) is 4.98 Å². The van der Waals surface area contributed by atoms with Gasteiger partial charge in [-0.15, -0.1) is 0 Å². The molecule has 1 heterocycles. The molecule has 4 nitrogen and oxygen atoms in total. The van der Waals surface area contributed by atoms with Gasteiger partial charge in [0, 0.05) is 17.6 Å². The molecule has 0 saturated heterocycles. The second-order valence-corrected chi connectivity index (χ2v) is 7.57. The minimum absolute atomic E-state index is 0.136. The Balaban J connectivity index is 1.75. The molecule has 3 N–H and O–H groups in total. The summed E-state index contributed by atoms with van der Waals surface area (Å²) in [5.41, 5.74) is 6.35. The quantitative estimate of drug-likeness (QED) is 0.868. The maximum Gasteiger partial charge on any atom is 0.255 e. The van der Waals surface area contributed by atoms with Crippen LogP contribution in [-0.4, -0.2) is 17.1 Å². The minimum Gasteiger partial charge on any atom is -0.489 e. The van der Waals surface area contributed by atoms with Gasteiger partial charge < -0.3 is 15.5 Å². The van der Waals surface area contributed by atoms with E-state index >= 15 is 0 Å². The van der Waals surface area contributed by atoms with Gasteiger partial charge in [0.05, 0.1) is 11.1 Å². The predicted octanol–water partition coefficient (Wildman–Crippen LogP) is 4.25. The summed E-state index contributed by atoms with van der Waals surface area (Å²) in [5, 5.41) is 1.91. The Kier molecular flexibility index (Phi) is 4.88. The van der Waals surface area contributed by atoms with Crippen LogP contribution in [-0.2, 0) is 0 Å². The van der Waals surface area contributed by atoms with Crippen LogP contribution in [0, 0.1) is 5.41 Å². The maximum atomic E-state index is 11.8. The number of benzene rings is 1. The van der Waals surface area contributed by atoms with Crippen LogP contribution >= 0.6 is 11.6 Å². The van der Waals surface area contributed by atoms with Crippen LogP contribution in [0.2, 0.25) is 5.02 Å². The second kappa shape index (κ2) is 6.77. The number of rotatable bonds is 4. The lowest BCUT2D eigenvalue weighted by atomic mass is 9.69. The molecule has 24 heavy (non-hydrogen) atoms. The van der Waals surface area contributed by atoms with Crippen LogP contribution in [0.4, 0.5) is 0 Å². The first kappa shape index (κ1) is 17.3. The molecular weight excluding hydrogens is 324 g/mol. The van der Waals surface area contributed by atoms with Crippen LogP contribution in [0.3, 0.4) is 0 Å². The predicted molar refractivity (Wildman–Crippen MR) is 98.8 cm³/mol. The van der Waals surface area contributed by atoms with Crippen LogP contribution in [0.5, 0.6) is 5.75 Å². The molecule has 0 bridgehead atoms. The number of hydrogen-bond acceptors (Lipinski definition) is 3. The van der Waals surface area contributed by atoms with Gasteiger partial charge in [0.15, 0.2) is 0 Å². The summed E-state index contributed by atoms with van der Waals surface area (Å²) in [5.74, 6) is 0.656. The number of pyridine rings is 1. The number of nitrogens with two attached hydrogens (primary N) is 1. The summed E-state index contributed by atoms with van der Waals surface area (Å²) in [6.45, 7) is 4.43. The molecule has 1 aromatic carbocycles. The number of hydrogen-bond donors (Lipinski definition) is 2. The third kappa shape index (κ3) is 3.31. The first-order valence-corrected chi connectivity index (χ1v) is 9.04. The molecule has 1 aromatic heterocycles. The zero-order chi connectivity index (χ0) is 17.3. The lowest BCUT2D eigenvalue weighted by Gasteiger charge is -2.41. The third-order valence-corrected chi connectivity index (χ3v) is 5.82. The van der Waals surface area contributed by atoms with Crippen molar-refractivity contribution in [3.05, 3.63) is 39.8 Å². The van der Waals surface area contributed by atoms with Crippen molar-refractivity contribution in [1.29, 1.82) is 0 Å². The van der Waals surface area contributed by atoms with E-state index in [1.807, 2.05) is 12.1 Å². The molecule has 1 atom stereocenters. The third-order valence-electron chi connectivity index (χ3n) is 5.53. The van der Waals surface area contributed by atoms with Crippen LogP contribution in [0.25, 0.3) is 10.8 Å². The van der Waals surface area contributed by atoms with Gasteiger partial charge in [0.25, 0.3) is 5.56 Å². The Morgan fingerprint density at radius 3 is 2.79 bits per heavy atom. The number of ether oxygens (including phenoxy) is 1. The molecule has 1 aliphatic carbocycles. The van der Waals surface area contributed by atoms with E-state index in [0.717, 1.165) is 37.5 Å². The van der Waals surface area contributed by atoms with Crippen LogP contribution in [0.15, 0.2) is 29.2 Å². The molecule has 2 aromatic rings. The molecule has 1 aliphatic rings. The second-order valence-electron chi connectivity index (χ2n) is 7.16. The van der Waals surface area contributed by atoms with Gasteiger partial charge in [0.1, 0.15) is 5.75 Å². The van der Waals surface area contributed by atoms with Crippen molar-refractivity contribution in [3.8, 4) is 5.75 Å². The van der Waals surface area contributed by atoms with Crippen molar-refractivity contribution < 1.29 is 4.74 Å². The Morgan fingerprint density at radius 1 is 1.42 bits per heavy atom. The summed E-state index contributed by atoms with van der Waals surface area (Å²) in [4.78, 5) is 14.5. The van der Waals surface area contributed by atoms with Gasteiger partial charge in [-0.25, -0.2) is 0 Å². The number of aromatic nitrogens is 1. The SMILES string of the molecule is CC[C@H](N)C1(C)CCC(Oc2cc3cc[nH]c(=O)c3cc2Cl)CC1. The monoisotopic (exact) mass is 348 g/mol. The Bertz CT molecular complexity index is 779. The van der Waals surface area contributed by atoms with E-state index in [9.17, 15) is 4.79 Å². The zero-order valence-electron chi connectivity index (χ0n) is 14.3. The van der Waals surface area contributed by atoms with E-state index in [2.05, 4.69) is 18.8 Å². The number of fused-ring (bicyclic) bond motifs is 1. The highest BCUT2D eigenvalue weighted by Gasteiger charge is 2.36. The van der Waals surface area contributed by atoms with Gasteiger partial charge >= 0.3 is 0 Å². The molecule has 0 radical (unpaired) electrons. The molecule has 3 rings (SSSR count). The fourth-order valence-electron chi connectivity index (χ4n) is 3.69. The molecule has 0 aliphatic heterocycles. The average Bonchev–Trinajstić information content (AvgIpc) is 2.58. The van der Waals surface area contributed by atoms with Crippen molar-refractivity contribution in [2.45, 2.75) is 58.1 Å². The number of H-pyrrole nitrogens is 1. The van der Waals surface area contributed by atoms with Gasteiger partial charge in [-0.1, -0.05) is 25.4 Å². The van der Waals surface area contributed by atoms with Crippen LogP contribution in [0.1, 0.15) is 46.0 Å². The van der Waals surface area contributed by atoms with Gasteiger partial charge in [0.2, 0.25) is 0 Å². The Morgan fingerprint density at radius 2 is 2.12 bits per heavy atom. The first-order chi connectivity index (χ1) is 11.4. The van der Waals surface area contributed by atoms with Crippen molar-refractivity contribution in [2.24, 2.45) is 11.1 Å². The standard InChI is InChI=1S/C19H25ClN2O2/c1-3-17(21)19(2)7-4-13(5-8-19)24-16-10-12-6-9-22-18(23)14(12)11-15(16)20/h6,9-11,13,17H,3-5,7-8,21H2,1-2H3,(H,22,23)/t13?,17-,19?/m0/s1. The Hall–Kier alpha value is -1.52. The topological polar surface area (TPSA) is 68.1 Å². The molecule has 130 valence electrons. The van der Waals surface area contributed by atoms with E-state index in [1.165, 1.54) is 0 Å². The highest BCUT2D eigenvalue weighted by Crippen LogP contribution is 2.41. The fourth-order valence-corrected chi connectivity index (χ4v) is 3.90. The Labute approximate surface area is 147 Å². The first-order valence-electron chi connectivity index (χ1n) is 8.66. The lowest BCUT2D eigenvalue weighted by molar-refractivity contribution is 0.0721. The van der Waals surface area contributed by atoms with Gasteiger partial charge in [-0.3, -0.25) is 4.79 Å². The maximum absolute atomic E-state index is 11.8. The van der Waals surface area contributed by atoms with E-state index in [0.29, 0.717) is 16.2 Å². The van der Waals surface area contributed by atoms with E-state index < -0.39 is 0 Å². The summed E-state index contributed by atoms with van der Waals surface area (Å²) >= 11 is 6.33. The summed E-state index contributed by atoms with van der Waals surface area (Å²) in [7, 11) is 0. The largest absolute Gasteiger partial charge is 0.489 e.